The lowest BCUT2D eigenvalue weighted by Gasteiger charge is -2.30. The van der Waals surface area contributed by atoms with Gasteiger partial charge in [-0.05, 0) is 126 Å². The summed E-state index contributed by atoms with van der Waals surface area (Å²) in [4.78, 5) is 2.46. The Kier molecular flexibility index (Phi) is 7.58. The van der Waals surface area contributed by atoms with E-state index in [1.54, 1.807) is 0 Å². The fourth-order valence-electron chi connectivity index (χ4n) is 9.25. The van der Waals surface area contributed by atoms with Gasteiger partial charge in [-0.2, -0.15) is 0 Å². The van der Waals surface area contributed by atoms with Gasteiger partial charge in [0.1, 0.15) is 0 Å². The Labute approximate surface area is 325 Å². The molecule has 0 N–H and O–H groups in total. The lowest BCUT2D eigenvalue weighted by atomic mass is 9.81. The van der Waals surface area contributed by atoms with Crippen molar-refractivity contribution < 1.29 is 0 Å². The minimum absolute atomic E-state index is 0.142. The summed E-state index contributed by atoms with van der Waals surface area (Å²) in [6.45, 7) is 9.52. The van der Waals surface area contributed by atoms with Crippen molar-refractivity contribution in [3.05, 3.63) is 210 Å². The van der Waals surface area contributed by atoms with Gasteiger partial charge in [0.15, 0.2) is 0 Å². The van der Waals surface area contributed by atoms with E-state index in [4.69, 9.17) is 0 Å². The highest BCUT2D eigenvalue weighted by Crippen LogP contribution is 2.54. The normalized spacial score (nSPS) is 14.1. The van der Waals surface area contributed by atoms with Gasteiger partial charge in [-0.25, -0.2) is 0 Å². The zero-order valence-electron chi connectivity index (χ0n) is 31.8. The van der Waals surface area contributed by atoms with Gasteiger partial charge in [-0.3, -0.25) is 0 Å². The van der Waals surface area contributed by atoms with Gasteiger partial charge in [0.05, 0.1) is 0 Å². The van der Waals surface area contributed by atoms with Crippen LogP contribution in [0.1, 0.15) is 49.9 Å². The van der Waals surface area contributed by atoms with Crippen LogP contribution in [0.3, 0.4) is 0 Å². The molecule has 2 aliphatic rings. The lowest BCUT2D eigenvalue weighted by molar-refractivity contribution is 0.660. The van der Waals surface area contributed by atoms with Crippen molar-refractivity contribution in [2.45, 2.75) is 38.5 Å². The second-order valence-electron chi connectivity index (χ2n) is 16.2. The summed E-state index contributed by atoms with van der Waals surface area (Å²) in [5.41, 5.74) is 21.4. The zero-order valence-corrected chi connectivity index (χ0v) is 31.8. The molecule has 0 saturated heterocycles. The molecular weight excluding hydrogens is 663 g/mol. The molecule has 2 aliphatic carbocycles. The van der Waals surface area contributed by atoms with E-state index in [9.17, 15) is 0 Å². The van der Waals surface area contributed by atoms with Crippen molar-refractivity contribution >= 4 is 17.1 Å². The molecule has 1 heteroatoms. The van der Waals surface area contributed by atoms with E-state index in [-0.39, 0.29) is 10.8 Å². The molecule has 0 amide bonds. The summed E-state index contributed by atoms with van der Waals surface area (Å²) in [6.07, 6.45) is 0. The number of benzene rings is 8. The quantitative estimate of drug-likeness (QED) is 0.166. The van der Waals surface area contributed by atoms with Crippen LogP contribution in [-0.2, 0) is 10.8 Å². The van der Waals surface area contributed by atoms with Crippen molar-refractivity contribution in [1.29, 1.82) is 0 Å². The number of hydrogen-bond acceptors (Lipinski definition) is 1. The van der Waals surface area contributed by atoms with Crippen LogP contribution in [0.2, 0.25) is 0 Å². The Bertz CT molecular complexity index is 2720. The number of rotatable bonds is 6. The van der Waals surface area contributed by atoms with E-state index in [0.29, 0.717) is 0 Å². The maximum Gasteiger partial charge on any atom is 0.0465 e. The predicted molar refractivity (Wildman–Crippen MR) is 233 cm³/mol. The summed E-state index contributed by atoms with van der Waals surface area (Å²) >= 11 is 0. The maximum absolute atomic E-state index is 2.46. The third kappa shape index (κ3) is 5.37. The molecule has 0 atom stereocenters. The van der Waals surface area contributed by atoms with Crippen molar-refractivity contribution in [3.63, 3.8) is 0 Å². The summed E-state index contributed by atoms with van der Waals surface area (Å²) < 4.78 is 0. The molecule has 55 heavy (non-hydrogen) atoms. The lowest BCUT2D eigenvalue weighted by Crippen LogP contribution is -2.18. The van der Waals surface area contributed by atoms with E-state index in [1.807, 2.05) is 0 Å². The average Bonchev–Trinajstić information content (AvgIpc) is 3.60. The average molecular weight is 706 g/mol. The van der Waals surface area contributed by atoms with E-state index in [2.05, 4.69) is 221 Å². The molecule has 0 spiro atoms. The topological polar surface area (TPSA) is 3.24 Å². The summed E-state index contributed by atoms with van der Waals surface area (Å²) in [6, 6.07) is 69.5. The minimum Gasteiger partial charge on any atom is -0.310 e. The molecule has 10 rings (SSSR count). The highest BCUT2D eigenvalue weighted by molar-refractivity contribution is 5.90. The highest BCUT2D eigenvalue weighted by Gasteiger charge is 2.38. The first kappa shape index (κ1) is 33.2. The number of nitrogens with zero attached hydrogens (tertiary/aromatic N) is 1. The molecule has 0 aromatic heterocycles. The van der Waals surface area contributed by atoms with Crippen molar-refractivity contribution in [2.75, 3.05) is 4.90 Å². The Morgan fingerprint density at radius 3 is 1.18 bits per heavy atom. The largest absolute Gasteiger partial charge is 0.310 e. The van der Waals surface area contributed by atoms with Crippen LogP contribution >= 0.6 is 0 Å². The second kappa shape index (κ2) is 12.6. The van der Waals surface area contributed by atoms with Crippen LogP contribution in [0.25, 0.3) is 55.6 Å². The molecule has 264 valence electrons. The molecule has 0 fully saturated rings. The Morgan fingerprint density at radius 2 is 0.636 bits per heavy atom. The van der Waals surface area contributed by atoms with Gasteiger partial charge in [0.2, 0.25) is 0 Å². The molecule has 1 nitrogen and oxygen atoms in total. The maximum atomic E-state index is 2.46. The minimum atomic E-state index is -0.160. The van der Waals surface area contributed by atoms with Crippen LogP contribution in [-0.4, -0.2) is 0 Å². The van der Waals surface area contributed by atoms with Gasteiger partial charge in [-0.1, -0.05) is 167 Å². The second-order valence-corrected chi connectivity index (χ2v) is 16.2. The van der Waals surface area contributed by atoms with Gasteiger partial charge in [0.25, 0.3) is 0 Å². The van der Waals surface area contributed by atoms with Crippen molar-refractivity contribution in [1.82, 2.24) is 0 Å². The SMILES string of the molecule is CC1(C)c2ccc(-c3ccccc3)cc2-c2ccc(N(c3ccc(-c4ccccc4)cc3)c3ccc4c(c3)C(C)(C)c3cc(-c5ccccc5)ccc3-4)cc21. The highest BCUT2D eigenvalue weighted by atomic mass is 15.1. The van der Waals surface area contributed by atoms with Gasteiger partial charge >= 0.3 is 0 Å². The van der Waals surface area contributed by atoms with Crippen LogP contribution < -0.4 is 4.90 Å². The van der Waals surface area contributed by atoms with E-state index >= 15 is 0 Å². The first-order valence-electron chi connectivity index (χ1n) is 19.4. The first-order chi connectivity index (χ1) is 26.8. The number of hydrogen-bond donors (Lipinski definition) is 0. The molecular formula is C54H43N. The van der Waals surface area contributed by atoms with E-state index in [0.717, 1.165) is 17.1 Å². The van der Waals surface area contributed by atoms with E-state index in [1.165, 1.54) is 77.9 Å². The fourth-order valence-corrected chi connectivity index (χ4v) is 9.25. The fraction of sp³-hybridized carbons (Fsp3) is 0.111. The Hall–Kier alpha value is -6.44. The molecule has 0 heterocycles. The van der Waals surface area contributed by atoms with E-state index < -0.39 is 0 Å². The van der Waals surface area contributed by atoms with Crippen LogP contribution in [0.15, 0.2) is 188 Å². The Balaban J connectivity index is 1.10. The Morgan fingerprint density at radius 1 is 0.273 bits per heavy atom. The van der Waals surface area contributed by atoms with Gasteiger partial charge in [0, 0.05) is 27.9 Å². The van der Waals surface area contributed by atoms with Crippen LogP contribution in [0.5, 0.6) is 0 Å². The molecule has 0 bridgehead atoms. The van der Waals surface area contributed by atoms with Gasteiger partial charge in [-0.15, -0.1) is 0 Å². The zero-order chi connectivity index (χ0) is 37.3. The van der Waals surface area contributed by atoms with Gasteiger partial charge < -0.3 is 4.90 Å². The molecule has 0 radical (unpaired) electrons. The molecule has 0 unspecified atom stereocenters. The monoisotopic (exact) mass is 705 g/mol. The van der Waals surface area contributed by atoms with Crippen molar-refractivity contribution in [3.8, 4) is 55.6 Å². The summed E-state index contributed by atoms with van der Waals surface area (Å²) in [5.74, 6) is 0. The molecule has 0 saturated carbocycles. The molecule has 0 aliphatic heterocycles. The van der Waals surface area contributed by atoms with Crippen molar-refractivity contribution in [2.24, 2.45) is 0 Å². The smallest absolute Gasteiger partial charge is 0.0465 e. The standard InChI is InChI=1S/C54H43N/c1-53(2)49-31-23-40(37-16-10-6-11-17-37)32-48(49)47-30-27-44(35-52(47)53)55(42-24-20-39(21-25-42)36-14-8-5-9-15-36)43-26-29-46-45-28-22-41(38-18-12-7-13-19-38)33-50(45)54(3,4)51(46)34-43/h5-35H,1-4H3. The van der Waals surface area contributed by atoms with Crippen LogP contribution in [0.4, 0.5) is 17.1 Å². The third-order valence-corrected chi connectivity index (χ3v) is 12.3. The molecule has 8 aromatic carbocycles. The molecule has 8 aromatic rings. The third-order valence-electron chi connectivity index (χ3n) is 12.3. The predicted octanol–water partition coefficient (Wildman–Crippen LogP) is 14.8. The van der Waals surface area contributed by atoms with Crippen LogP contribution in [0, 0.1) is 0 Å². The first-order valence-corrected chi connectivity index (χ1v) is 19.4. The number of anilines is 3. The summed E-state index contributed by atoms with van der Waals surface area (Å²) in [5, 5.41) is 0. The number of fused-ring (bicyclic) bond motifs is 6. The summed E-state index contributed by atoms with van der Waals surface area (Å²) in [7, 11) is 0.